The van der Waals surface area contributed by atoms with Crippen LogP contribution < -0.4 is 10.1 Å². The van der Waals surface area contributed by atoms with E-state index in [-0.39, 0.29) is 12.4 Å². The molecule has 2 nitrogen and oxygen atoms in total. The Morgan fingerprint density at radius 1 is 1.19 bits per heavy atom. The molecule has 0 atom stereocenters. The van der Waals surface area contributed by atoms with Crippen molar-refractivity contribution < 1.29 is 9.13 Å². The predicted octanol–water partition coefficient (Wildman–Crippen LogP) is 4.51. The molecule has 0 aliphatic rings. The summed E-state index contributed by atoms with van der Waals surface area (Å²) in [6.45, 7) is 5.14. The first kappa shape index (κ1) is 16.2. The molecular weight excluding hydrogens is 380 g/mol. The maximum Gasteiger partial charge on any atom is 0.129 e. The van der Waals surface area contributed by atoms with Crippen molar-refractivity contribution in [2.24, 2.45) is 0 Å². The van der Waals surface area contributed by atoms with Crippen LogP contribution in [0.2, 0.25) is 0 Å². The van der Waals surface area contributed by atoms with Crippen molar-refractivity contribution >= 4 is 22.6 Å². The normalized spacial score (nSPS) is 10.9. The largest absolute Gasteiger partial charge is 0.489 e. The molecule has 0 aliphatic heterocycles. The number of hydrogen-bond donors (Lipinski definition) is 1. The first-order valence-corrected chi connectivity index (χ1v) is 8.01. The van der Waals surface area contributed by atoms with Crippen LogP contribution in [0, 0.1) is 9.39 Å². The van der Waals surface area contributed by atoms with E-state index in [1.165, 1.54) is 6.07 Å². The molecule has 0 heterocycles. The van der Waals surface area contributed by atoms with Crippen LogP contribution in [0.3, 0.4) is 0 Å². The summed E-state index contributed by atoms with van der Waals surface area (Å²) in [7, 11) is 0. The maximum absolute atomic E-state index is 13.8. The molecule has 0 unspecified atom stereocenters. The average Bonchev–Trinajstić information content (AvgIpc) is 2.45. The molecule has 0 fully saturated rings. The third-order valence-corrected chi connectivity index (χ3v) is 3.69. The van der Waals surface area contributed by atoms with Crippen LogP contribution in [0.15, 0.2) is 42.5 Å². The third-order valence-electron chi connectivity index (χ3n) is 3.01. The monoisotopic (exact) mass is 399 g/mol. The van der Waals surface area contributed by atoms with E-state index in [1.807, 2.05) is 30.3 Å². The number of ether oxygens (including phenoxy) is 1. The van der Waals surface area contributed by atoms with Crippen molar-refractivity contribution in [3.05, 3.63) is 63.0 Å². The van der Waals surface area contributed by atoms with Gasteiger partial charge in [-0.15, -0.1) is 0 Å². The average molecular weight is 399 g/mol. The van der Waals surface area contributed by atoms with Gasteiger partial charge in [-0.1, -0.05) is 26.0 Å². The topological polar surface area (TPSA) is 21.3 Å². The number of nitrogens with one attached hydrogen (secondary N) is 1. The highest BCUT2D eigenvalue weighted by Gasteiger charge is 2.06. The lowest BCUT2D eigenvalue weighted by Crippen LogP contribution is -2.21. The lowest BCUT2D eigenvalue weighted by atomic mass is 10.1. The summed E-state index contributed by atoms with van der Waals surface area (Å²) in [5.74, 6) is 0.529. The van der Waals surface area contributed by atoms with E-state index in [2.05, 4.69) is 41.8 Å². The highest BCUT2D eigenvalue weighted by atomic mass is 127. The summed E-state index contributed by atoms with van der Waals surface area (Å²) < 4.78 is 20.6. The highest BCUT2D eigenvalue weighted by Crippen LogP contribution is 2.18. The minimum absolute atomic E-state index is 0.228. The van der Waals surface area contributed by atoms with Crippen LogP contribution in [0.4, 0.5) is 4.39 Å². The first-order valence-electron chi connectivity index (χ1n) is 6.93. The molecule has 0 aliphatic carbocycles. The second-order valence-electron chi connectivity index (χ2n) is 5.21. The maximum atomic E-state index is 13.8. The van der Waals surface area contributed by atoms with Gasteiger partial charge in [-0.05, 0) is 58.5 Å². The molecule has 0 bridgehead atoms. The van der Waals surface area contributed by atoms with Gasteiger partial charge in [-0.25, -0.2) is 4.39 Å². The van der Waals surface area contributed by atoms with Crippen molar-refractivity contribution in [3.8, 4) is 5.75 Å². The third kappa shape index (κ3) is 5.28. The van der Waals surface area contributed by atoms with E-state index in [0.29, 0.717) is 11.6 Å². The van der Waals surface area contributed by atoms with E-state index in [4.69, 9.17) is 4.74 Å². The van der Waals surface area contributed by atoms with Crippen molar-refractivity contribution in [2.45, 2.75) is 33.0 Å². The number of benzene rings is 2. The molecule has 0 saturated carbocycles. The SMILES string of the molecule is CC(C)NCc1ccc(F)c(COc2cccc(I)c2)c1. The van der Waals surface area contributed by atoms with Gasteiger partial charge < -0.3 is 10.1 Å². The summed E-state index contributed by atoms with van der Waals surface area (Å²) in [6, 6.07) is 13.3. The van der Waals surface area contributed by atoms with Crippen LogP contribution in [0.5, 0.6) is 5.75 Å². The van der Waals surface area contributed by atoms with Gasteiger partial charge in [0.1, 0.15) is 18.2 Å². The standard InChI is InChI=1S/C17H19FINO/c1-12(2)20-10-13-6-7-17(18)14(8-13)11-21-16-5-3-4-15(19)9-16/h3-9,12,20H,10-11H2,1-2H3. The minimum Gasteiger partial charge on any atom is -0.489 e. The Labute approximate surface area is 138 Å². The predicted molar refractivity (Wildman–Crippen MR) is 91.9 cm³/mol. The molecule has 2 rings (SSSR count). The summed E-state index contributed by atoms with van der Waals surface area (Å²) in [5, 5.41) is 3.33. The molecule has 2 aromatic rings. The van der Waals surface area contributed by atoms with Gasteiger partial charge in [-0.3, -0.25) is 0 Å². The van der Waals surface area contributed by atoms with Crippen LogP contribution in [0.25, 0.3) is 0 Å². The van der Waals surface area contributed by atoms with Gasteiger partial charge in [0.15, 0.2) is 0 Å². The molecule has 21 heavy (non-hydrogen) atoms. The summed E-state index contributed by atoms with van der Waals surface area (Å²) in [4.78, 5) is 0. The fourth-order valence-electron chi connectivity index (χ4n) is 1.89. The van der Waals surface area contributed by atoms with Crippen LogP contribution >= 0.6 is 22.6 Å². The second kappa shape index (κ2) is 7.75. The smallest absolute Gasteiger partial charge is 0.129 e. The van der Waals surface area contributed by atoms with E-state index in [1.54, 1.807) is 6.07 Å². The molecule has 112 valence electrons. The molecule has 0 spiro atoms. The quantitative estimate of drug-likeness (QED) is 0.722. The second-order valence-corrected chi connectivity index (χ2v) is 6.45. The Balaban J connectivity index is 2.03. The zero-order valence-electron chi connectivity index (χ0n) is 12.2. The van der Waals surface area contributed by atoms with E-state index >= 15 is 0 Å². The number of hydrogen-bond acceptors (Lipinski definition) is 2. The molecule has 4 heteroatoms. The van der Waals surface area contributed by atoms with E-state index in [0.717, 1.165) is 21.4 Å². The molecule has 0 radical (unpaired) electrons. The summed E-state index contributed by atoms with van der Waals surface area (Å²) in [6.07, 6.45) is 0. The molecule has 2 aromatic carbocycles. The molecule has 0 saturated heterocycles. The first-order chi connectivity index (χ1) is 10.0. The van der Waals surface area contributed by atoms with Crippen molar-refractivity contribution in [3.63, 3.8) is 0 Å². The lowest BCUT2D eigenvalue weighted by molar-refractivity contribution is 0.299. The number of halogens is 2. The van der Waals surface area contributed by atoms with Crippen molar-refractivity contribution in [2.75, 3.05) is 0 Å². The minimum atomic E-state index is -0.228. The zero-order chi connectivity index (χ0) is 15.2. The molecular formula is C17H19FINO. The van der Waals surface area contributed by atoms with Crippen molar-refractivity contribution in [1.29, 1.82) is 0 Å². The number of rotatable bonds is 6. The summed E-state index contributed by atoms with van der Waals surface area (Å²) in [5.41, 5.74) is 1.64. The fraction of sp³-hybridized carbons (Fsp3) is 0.294. The van der Waals surface area contributed by atoms with E-state index in [9.17, 15) is 4.39 Å². The lowest BCUT2D eigenvalue weighted by Gasteiger charge is -2.11. The molecule has 0 amide bonds. The van der Waals surface area contributed by atoms with Crippen LogP contribution in [-0.2, 0) is 13.2 Å². The Kier molecular flexibility index (Phi) is 5.99. The Hall–Kier alpha value is -1.14. The van der Waals surface area contributed by atoms with Crippen LogP contribution in [-0.4, -0.2) is 6.04 Å². The van der Waals surface area contributed by atoms with Crippen molar-refractivity contribution in [1.82, 2.24) is 5.32 Å². The van der Waals surface area contributed by atoms with Crippen LogP contribution in [0.1, 0.15) is 25.0 Å². The van der Waals surface area contributed by atoms with Gasteiger partial charge in [0, 0.05) is 21.7 Å². The highest BCUT2D eigenvalue weighted by molar-refractivity contribution is 14.1. The summed E-state index contributed by atoms with van der Waals surface area (Å²) >= 11 is 2.23. The van der Waals surface area contributed by atoms with E-state index < -0.39 is 0 Å². The zero-order valence-corrected chi connectivity index (χ0v) is 14.4. The van der Waals surface area contributed by atoms with Gasteiger partial charge in [-0.2, -0.15) is 0 Å². The molecule has 0 aromatic heterocycles. The Morgan fingerprint density at radius 3 is 2.71 bits per heavy atom. The Bertz CT molecular complexity index is 601. The Morgan fingerprint density at radius 2 is 2.00 bits per heavy atom. The van der Waals surface area contributed by atoms with Gasteiger partial charge in [0.05, 0.1) is 0 Å². The van der Waals surface area contributed by atoms with Gasteiger partial charge >= 0.3 is 0 Å². The van der Waals surface area contributed by atoms with Gasteiger partial charge in [0.25, 0.3) is 0 Å². The van der Waals surface area contributed by atoms with Gasteiger partial charge in [0.2, 0.25) is 0 Å². The molecule has 1 N–H and O–H groups in total. The fourth-order valence-corrected chi connectivity index (χ4v) is 2.40.